The molecule has 0 bridgehead atoms. The number of nitrogens with one attached hydrogen (secondary N) is 3. The quantitative estimate of drug-likeness (QED) is 0.309. The molecular weight excluding hydrogens is 502 g/mol. The van der Waals surface area contributed by atoms with E-state index in [2.05, 4.69) is 33.3 Å². The van der Waals surface area contributed by atoms with E-state index in [1.165, 1.54) is 23.8 Å². The minimum Gasteiger partial charge on any atom is -0.368 e. The number of hydrogen-bond donors (Lipinski definition) is 4. The van der Waals surface area contributed by atoms with E-state index in [4.69, 9.17) is 0 Å². The van der Waals surface area contributed by atoms with Gasteiger partial charge in [-0.05, 0) is 73.6 Å². The maximum absolute atomic E-state index is 13.5. The maximum atomic E-state index is 13.5. The Labute approximate surface area is 227 Å². The summed E-state index contributed by atoms with van der Waals surface area (Å²) in [4.78, 5) is 29.2. The Morgan fingerprint density at radius 1 is 1.21 bits per heavy atom. The van der Waals surface area contributed by atoms with Crippen molar-refractivity contribution < 1.29 is 23.5 Å². The number of allylic oxidation sites excluding steroid dienone is 1. The van der Waals surface area contributed by atoms with Crippen LogP contribution in [0.3, 0.4) is 0 Å². The van der Waals surface area contributed by atoms with Crippen molar-refractivity contribution in [2.24, 2.45) is 22.7 Å². The van der Waals surface area contributed by atoms with Crippen LogP contribution < -0.4 is 16.0 Å². The van der Waals surface area contributed by atoms with Gasteiger partial charge in [0.15, 0.2) is 6.23 Å². The first-order chi connectivity index (χ1) is 18.6. The van der Waals surface area contributed by atoms with Crippen molar-refractivity contribution in [3.63, 3.8) is 0 Å². The second-order valence-corrected chi connectivity index (χ2v) is 11.4. The average molecular weight is 539 g/mol. The van der Waals surface area contributed by atoms with Gasteiger partial charge in [-0.1, -0.05) is 18.7 Å². The molecule has 1 aliphatic heterocycles. The highest BCUT2D eigenvalue weighted by Gasteiger charge is 2.61. The standard InChI is InChI=1S/C30H36F2N4O3/c1-17-12-19(15-33-28(17)38)13-18-6-8-21(9-7-18)35-24-11-10-23-26(24)27(23)29(39)34-16-25(37)36-22-5-3-4-20(14-22)30(2,31)32/h3-5,14-15,21,23-24,26-28,35,38H,1,6-12,16H2,2H3,(H,34,39)(H,36,37). The van der Waals surface area contributed by atoms with E-state index in [9.17, 15) is 23.5 Å². The van der Waals surface area contributed by atoms with Gasteiger partial charge in [0.1, 0.15) is 0 Å². The number of carbonyl (C=O) groups is 2. The van der Waals surface area contributed by atoms with Crippen LogP contribution in [0.15, 0.2) is 58.3 Å². The minimum atomic E-state index is -3.00. The number of alkyl halides is 2. The Balaban J connectivity index is 1.06. The summed E-state index contributed by atoms with van der Waals surface area (Å²) in [5.41, 5.74) is 6.52. The van der Waals surface area contributed by atoms with Gasteiger partial charge >= 0.3 is 0 Å². The molecule has 0 aromatic heterocycles. The molecule has 4 N–H and O–H groups in total. The van der Waals surface area contributed by atoms with E-state index in [0.29, 0.717) is 35.9 Å². The Morgan fingerprint density at radius 3 is 2.69 bits per heavy atom. The van der Waals surface area contributed by atoms with E-state index >= 15 is 0 Å². The lowest BCUT2D eigenvalue weighted by molar-refractivity contribution is -0.125. The molecule has 3 saturated carbocycles. The number of benzene rings is 1. The van der Waals surface area contributed by atoms with Crippen LogP contribution in [-0.4, -0.2) is 48.0 Å². The third kappa shape index (κ3) is 6.55. The Hall–Kier alpha value is -3.13. The number of carbonyl (C=O) groups excluding carboxylic acids is 2. The average Bonchev–Trinajstić information content (AvgIpc) is 3.49. The molecular formula is C30H36F2N4O3. The normalized spacial score (nSPS) is 30.0. The summed E-state index contributed by atoms with van der Waals surface area (Å²) in [6.45, 7) is 4.49. The van der Waals surface area contributed by atoms with Gasteiger partial charge in [0, 0.05) is 54.4 Å². The molecule has 39 heavy (non-hydrogen) atoms. The van der Waals surface area contributed by atoms with Gasteiger partial charge < -0.3 is 21.1 Å². The third-order valence-electron chi connectivity index (χ3n) is 8.41. The summed E-state index contributed by atoms with van der Waals surface area (Å²) in [7, 11) is 0. The number of anilines is 1. The van der Waals surface area contributed by atoms with Gasteiger partial charge in [-0.25, -0.2) is 8.78 Å². The molecule has 7 nitrogen and oxygen atoms in total. The maximum Gasteiger partial charge on any atom is 0.270 e. The van der Waals surface area contributed by atoms with Gasteiger partial charge in [-0.3, -0.25) is 14.6 Å². The predicted octanol–water partition coefficient (Wildman–Crippen LogP) is 4.21. The highest BCUT2D eigenvalue weighted by molar-refractivity contribution is 5.95. The second kappa shape index (κ2) is 11.2. The van der Waals surface area contributed by atoms with Crippen molar-refractivity contribution in [2.75, 3.05) is 11.9 Å². The molecule has 4 aliphatic rings. The van der Waals surface area contributed by atoms with E-state index in [0.717, 1.165) is 51.0 Å². The molecule has 1 aromatic carbocycles. The second-order valence-electron chi connectivity index (χ2n) is 11.4. The van der Waals surface area contributed by atoms with Crippen LogP contribution in [-0.2, 0) is 15.5 Å². The molecule has 0 radical (unpaired) electrons. The first kappa shape index (κ1) is 27.4. The van der Waals surface area contributed by atoms with Crippen LogP contribution in [0.4, 0.5) is 14.5 Å². The number of fused-ring (bicyclic) bond motifs is 1. The molecule has 2 amide bonds. The van der Waals surface area contributed by atoms with Gasteiger partial charge in [-0.15, -0.1) is 5.73 Å². The Kier molecular flexibility index (Phi) is 7.85. The van der Waals surface area contributed by atoms with Gasteiger partial charge in [0.25, 0.3) is 5.92 Å². The van der Waals surface area contributed by atoms with Crippen LogP contribution >= 0.6 is 0 Å². The number of nitrogens with zero attached hydrogens (tertiary/aromatic N) is 1. The molecule has 0 spiro atoms. The van der Waals surface area contributed by atoms with E-state index in [1.807, 2.05) is 0 Å². The summed E-state index contributed by atoms with van der Waals surface area (Å²) in [5.74, 6) is -2.98. The van der Waals surface area contributed by atoms with Crippen LogP contribution in [0.25, 0.3) is 0 Å². The zero-order chi connectivity index (χ0) is 27.7. The molecule has 3 fully saturated rings. The number of rotatable bonds is 7. The molecule has 5 unspecified atom stereocenters. The molecule has 1 heterocycles. The lowest BCUT2D eigenvalue weighted by Crippen LogP contribution is -2.42. The Morgan fingerprint density at radius 2 is 1.97 bits per heavy atom. The smallest absolute Gasteiger partial charge is 0.270 e. The number of aliphatic hydroxyl groups is 1. The number of aliphatic hydroxyl groups excluding tert-OH is 1. The third-order valence-corrected chi connectivity index (χ3v) is 8.41. The predicted molar refractivity (Wildman–Crippen MR) is 145 cm³/mol. The highest BCUT2D eigenvalue weighted by Crippen LogP contribution is 2.57. The van der Waals surface area contributed by atoms with Crippen molar-refractivity contribution in [2.45, 2.75) is 76.1 Å². The van der Waals surface area contributed by atoms with Gasteiger partial charge in [-0.2, -0.15) is 0 Å². The first-order valence-corrected chi connectivity index (χ1v) is 13.8. The molecule has 3 aliphatic carbocycles. The zero-order valence-electron chi connectivity index (χ0n) is 22.2. The van der Waals surface area contributed by atoms with Crippen LogP contribution in [0.2, 0.25) is 0 Å². The zero-order valence-corrected chi connectivity index (χ0v) is 22.2. The van der Waals surface area contributed by atoms with Crippen molar-refractivity contribution >= 4 is 23.7 Å². The number of hydrogen-bond acceptors (Lipinski definition) is 5. The summed E-state index contributed by atoms with van der Waals surface area (Å²) in [6.07, 6.45) is 7.53. The molecule has 5 atom stereocenters. The SMILES string of the molecule is C=C1CC(=C=C2CCC(NC3CCC4C(C(=O)NCC(=O)Nc5cccc(C(C)(F)F)c5)C34)CC2)C=NC1O. The molecule has 208 valence electrons. The molecule has 9 heteroatoms. The van der Waals surface area contributed by atoms with Crippen LogP contribution in [0, 0.1) is 17.8 Å². The largest absolute Gasteiger partial charge is 0.368 e. The lowest BCUT2D eigenvalue weighted by atomic mass is 9.89. The summed E-state index contributed by atoms with van der Waals surface area (Å²) >= 11 is 0. The van der Waals surface area contributed by atoms with E-state index in [1.54, 1.807) is 12.3 Å². The van der Waals surface area contributed by atoms with Crippen molar-refractivity contribution in [3.05, 3.63) is 58.9 Å². The number of aliphatic imine (C=N–C) groups is 1. The Bertz CT molecular complexity index is 1240. The van der Waals surface area contributed by atoms with Crippen LogP contribution in [0.5, 0.6) is 0 Å². The number of amides is 2. The summed E-state index contributed by atoms with van der Waals surface area (Å²) in [5, 5.41) is 18.8. The topological polar surface area (TPSA) is 103 Å². The van der Waals surface area contributed by atoms with Gasteiger partial charge in [0.05, 0.1) is 6.54 Å². The highest BCUT2D eigenvalue weighted by atomic mass is 19.3. The fourth-order valence-corrected chi connectivity index (χ4v) is 6.32. The molecule has 5 rings (SSSR count). The van der Waals surface area contributed by atoms with E-state index in [-0.39, 0.29) is 29.6 Å². The van der Waals surface area contributed by atoms with Crippen molar-refractivity contribution in [1.29, 1.82) is 0 Å². The minimum absolute atomic E-state index is 0.0796. The van der Waals surface area contributed by atoms with Crippen LogP contribution in [0.1, 0.15) is 57.4 Å². The van der Waals surface area contributed by atoms with Gasteiger partial charge in [0.2, 0.25) is 11.8 Å². The molecule has 0 saturated heterocycles. The summed E-state index contributed by atoms with van der Waals surface area (Å²) in [6, 6.07) is 6.28. The van der Waals surface area contributed by atoms with Crippen molar-refractivity contribution in [3.8, 4) is 0 Å². The number of halogens is 2. The fraction of sp³-hybridized carbons (Fsp3) is 0.533. The molecule has 1 aromatic rings. The lowest BCUT2D eigenvalue weighted by Gasteiger charge is -2.28. The monoisotopic (exact) mass is 538 g/mol. The van der Waals surface area contributed by atoms with Crippen molar-refractivity contribution in [1.82, 2.24) is 10.6 Å². The van der Waals surface area contributed by atoms with E-state index < -0.39 is 18.1 Å². The summed E-state index contributed by atoms with van der Waals surface area (Å²) < 4.78 is 27.1. The fourth-order valence-electron chi connectivity index (χ4n) is 6.32. The first-order valence-electron chi connectivity index (χ1n) is 13.8.